The van der Waals surface area contributed by atoms with Gasteiger partial charge in [0.05, 0.1) is 0 Å². The maximum Gasteiger partial charge on any atom is 0.234 e. The molecule has 3 heterocycles. The van der Waals surface area contributed by atoms with E-state index in [4.69, 9.17) is 0 Å². The molecular formula is C14H15N5S. The molecule has 0 aliphatic carbocycles. The van der Waals surface area contributed by atoms with Crippen LogP contribution >= 0.6 is 11.3 Å². The van der Waals surface area contributed by atoms with E-state index >= 15 is 0 Å². The summed E-state index contributed by atoms with van der Waals surface area (Å²) in [6.45, 7) is 4.09. The first-order chi connectivity index (χ1) is 9.85. The Morgan fingerprint density at radius 3 is 3.15 bits per heavy atom. The minimum atomic E-state index is 0.846. The van der Waals surface area contributed by atoms with Crippen molar-refractivity contribution in [3.05, 3.63) is 35.2 Å². The van der Waals surface area contributed by atoms with Gasteiger partial charge in [0.15, 0.2) is 5.82 Å². The van der Waals surface area contributed by atoms with Gasteiger partial charge in [-0.3, -0.25) is 0 Å². The molecule has 4 rings (SSSR count). The third kappa shape index (κ3) is 1.83. The van der Waals surface area contributed by atoms with Gasteiger partial charge in [0.1, 0.15) is 5.01 Å². The summed E-state index contributed by atoms with van der Waals surface area (Å²) < 4.78 is 1.86. The molecule has 0 amide bonds. The van der Waals surface area contributed by atoms with Gasteiger partial charge in [0.2, 0.25) is 4.96 Å². The maximum atomic E-state index is 4.65. The van der Waals surface area contributed by atoms with E-state index in [0.29, 0.717) is 0 Å². The molecule has 2 aromatic heterocycles. The highest BCUT2D eigenvalue weighted by atomic mass is 32.1. The third-order valence-corrected chi connectivity index (χ3v) is 4.66. The molecule has 1 aliphatic rings. The zero-order chi connectivity index (χ0) is 13.5. The predicted octanol–water partition coefficient (Wildman–Crippen LogP) is 2.06. The van der Waals surface area contributed by atoms with Crippen LogP contribution in [-0.4, -0.2) is 26.4 Å². The van der Waals surface area contributed by atoms with Gasteiger partial charge in [-0.2, -0.15) is 9.61 Å². The van der Waals surface area contributed by atoms with Crippen molar-refractivity contribution in [1.82, 2.24) is 25.1 Å². The van der Waals surface area contributed by atoms with Crippen LogP contribution in [0.3, 0.4) is 0 Å². The summed E-state index contributed by atoms with van der Waals surface area (Å²) in [5, 5.41) is 17.4. The minimum absolute atomic E-state index is 0.846. The van der Waals surface area contributed by atoms with Gasteiger partial charge >= 0.3 is 0 Å². The van der Waals surface area contributed by atoms with E-state index in [-0.39, 0.29) is 0 Å². The zero-order valence-electron chi connectivity index (χ0n) is 11.3. The van der Waals surface area contributed by atoms with Crippen LogP contribution in [0, 0.1) is 0 Å². The number of fused-ring (bicyclic) bond motifs is 2. The van der Waals surface area contributed by atoms with Gasteiger partial charge < -0.3 is 5.32 Å². The lowest BCUT2D eigenvalue weighted by atomic mass is 9.99. The third-order valence-electron chi connectivity index (χ3n) is 3.71. The van der Waals surface area contributed by atoms with E-state index in [1.54, 1.807) is 11.3 Å². The van der Waals surface area contributed by atoms with Crippen LogP contribution in [0.1, 0.15) is 23.9 Å². The highest BCUT2D eigenvalue weighted by Crippen LogP contribution is 2.28. The second-order valence-corrected chi connectivity index (χ2v) is 5.94. The van der Waals surface area contributed by atoms with Crippen molar-refractivity contribution in [2.24, 2.45) is 0 Å². The van der Waals surface area contributed by atoms with Gasteiger partial charge in [-0.05, 0) is 30.2 Å². The number of aromatic nitrogens is 4. The predicted molar refractivity (Wildman–Crippen MR) is 78.9 cm³/mol. The van der Waals surface area contributed by atoms with Crippen molar-refractivity contribution in [1.29, 1.82) is 0 Å². The Labute approximate surface area is 120 Å². The summed E-state index contributed by atoms with van der Waals surface area (Å²) in [6, 6.07) is 6.65. The first-order valence-electron chi connectivity index (χ1n) is 6.89. The molecule has 1 aromatic carbocycles. The summed E-state index contributed by atoms with van der Waals surface area (Å²) in [5.41, 5.74) is 4.00. The fourth-order valence-electron chi connectivity index (χ4n) is 2.61. The van der Waals surface area contributed by atoms with Crippen LogP contribution < -0.4 is 5.32 Å². The van der Waals surface area contributed by atoms with E-state index < -0.39 is 0 Å². The van der Waals surface area contributed by atoms with Crippen LogP contribution in [0.4, 0.5) is 0 Å². The van der Waals surface area contributed by atoms with Crippen molar-refractivity contribution in [2.45, 2.75) is 26.3 Å². The van der Waals surface area contributed by atoms with Crippen LogP contribution in [-0.2, 0) is 19.4 Å². The van der Waals surface area contributed by atoms with E-state index in [0.717, 1.165) is 41.7 Å². The summed E-state index contributed by atoms with van der Waals surface area (Å²) in [5.74, 6) is 0.919. The fourth-order valence-corrected chi connectivity index (χ4v) is 3.46. The molecule has 0 fully saturated rings. The molecule has 0 atom stereocenters. The Morgan fingerprint density at radius 1 is 1.30 bits per heavy atom. The highest BCUT2D eigenvalue weighted by Gasteiger charge is 2.14. The zero-order valence-corrected chi connectivity index (χ0v) is 12.1. The number of hydrogen-bond acceptors (Lipinski definition) is 5. The number of benzene rings is 1. The Bertz CT molecular complexity index is 773. The molecular weight excluding hydrogens is 270 g/mol. The van der Waals surface area contributed by atoms with Crippen LogP contribution in [0.15, 0.2) is 18.2 Å². The Balaban J connectivity index is 1.80. The average molecular weight is 285 g/mol. The molecule has 3 aromatic rings. The Kier molecular flexibility index (Phi) is 2.78. The molecule has 0 unspecified atom stereocenters. The van der Waals surface area contributed by atoms with E-state index in [1.807, 2.05) is 4.52 Å². The van der Waals surface area contributed by atoms with E-state index in [1.165, 1.54) is 16.7 Å². The number of nitrogens with zero attached hydrogens (tertiary/aromatic N) is 4. The quantitative estimate of drug-likeness (QED) is 0.783. The van der Waals surface area contributed by atoms with Gasteiger partial charge in [0.25, 0.3) is 0 Å². The minimum Gasteiger partial charge on any atom is -0.312 e. The van der Waals surface area contributed by atoms with Crippen molar-refractivity contribution < 1.29 is 0 Å². The van der Waals surface area contributed by atoms with Crippen LogP contribution in [0.2, 0.25) is 0 Å². The van der Waals surface area contributed by atoms with Gasteiger partial charge in [0, 0.05) is 18.5 Å². The van der Waals surface area contributed by atoms with Gasteiger partial charge in [-0.25, -0.2) is 0 Å². The second-order valence-electron chi connectivity index (χ2n) is 4.98. The molecule has 6 heteroatoms. The number of nitrogens with one attached hydrogen (secondary N) is 1. The van der Waals surface area contributed by atoms with Crippen molar-refractivity contribution in [3.63, 3.8) is 0 Å². The normalized spacial score (nSPS) is 14.7. The van der Waals surface area contributed by atoms with Crippen LogP contribution in [0.5, 0.6) is 0 Å². The first kappa shape index (κ1) is 12.0. The highest BCUT2D eigenvalue weighted by molar-refractivity contribution is 7.19. The lowest BCUT2D eigenvalue weighted by molar-refractivity contribution is 0.644. The monoisotopic (exact) mass is 285 g/mol. The smallest absolute Gasteiger partial charge is 0.234 e. The lowest BCUT2D eigenvalue weighted by Crippen LogP contribution is -2.23. The molecule has 20 heavy (non-hydrogen) atoms. The SMILES string of the molecule is CCc1nnc2sc(-c3ccc4c(c3)CNCC4)nn12. The number of aryl methyl sites for hydroxylation is 1. The van der Waals surface area contributed by atoms with Crippen molar-refractivity contribution in [2.75, 3.05) is 6.54 Å². The second kappa shape index (κ2) is 4.64. The topological polar surface area (TPSA) is 55.1 Å². The van der Waals surface area contributed by atoms with E-state index in [2.05, 4.69) is 45.7 Å². The summed E-state index contributed by atoms with van der Waals surface area (Å²) >= 11 is 1.60. The lowest BCUT2D eigenvalue weighted by Gasteiger charge is -2.17. The Hall–Kier alpha value is -1.79. The molecule has 1 aliphatic heterocycles. The molecule has 0 saturated heterocycles. The molecule has 1 N–H and O–H groups in total. The number of hydrogen-bond donors (Lipinski definition) is 1. The molecule has 102 valence electrons. The molecule has 0 bridgehead atoms. The first-order valence-corrected chi connectivity index (χ1v) is 7.71. The maximum absolute atomic E-state index is 4.65. The van der Waals surface area contributed by atoms with Crippen molar-refractivity contribution in [3.8, 4) is 10.6 Å². The summed E-state index contributed by atoms with van der Waals surface area (Å²) in [7, 11) is 0. The molecule has 0 saturated carbocycles. The number of rotatable bonds is 2. The van der Waals surface area contributed by atoms with Crippen molar-refractivity contribution >= 4 is 16.3 Å². The summed E-state index contributed by atoms with van der Waals surface area (Å²) in [4.78, 5) is 0.868. The van der Waals surface area contributed by atoms with E-state index in [9.17, 15) is 0 Å². The van der Waals surface area contributed by atoms with Gasteiger partial charge in [-0.1, -0.05) is 30.4 Å². The average Bonchev–Trinajstić information content (AvgIpc) is 3.06. The molecule has 5 nitrogen and oxygen atoms in total. The molecule has 0 radical (unpaired) electrons. The Morgan fingerprint density at radius 2 is 2.25 bits per heavy atom. The fraction of sp³-hybridized carbons (Fsp3) is 0.357. The summed E-state index contributed by atoms with van der Waals surface area (Å²) in [6.07, 6.45) is 1.96. The largest absolute Gasteiger partial charge is 0.312 e. The van der Waals surface area contributed by atoms with Crippen LogP contribution in [0.25, 0.3) is 15.5 Å². The molecule has 0 spiro atoms. The standard InChI is InChI=1S/C14H15N5S/c1-2-12-16-17-14-19(12)18-13(20-14)10-4-3-9-5-6-15-8-11(9)7-10/h3-4,7,15H,2,5-6,8H2,1H3. The van der Waals surface area contributed by atoms with Gasteiger partial charge in [-0.15, -0.1) is 10.2 Å².